The van der Waals surface area contributed by atoms with Crippen molar-refractivity contribution in [1.29, 1.82) is 0 Å². The zero-order valence-corrected chi connectivity index (χ0v) is 18.4. The van der Waals surface area contributed by atoms with Crippen molar-refractivity contribution in [2.75, 3.05) is 0 Å². The summed E-state index contributed by atoms with van der Waals surface area (Å²) in [6.07, 6.45) is 1.06. The van der Waals surface area contributed by atoms with E-state index in [9.17, 15) is 14.0 Å². The van der Waals surface area contributed by atoms with Crippen LogP contribution in [0.3, 0.4) is 0 Å². The lowest BCUT2D eigenvalue weighted by molar-refractivity contribution is -0.130. The summed E-state index contributed by atoms with van der Waals surface area (Å²) in [6, 6.07) is 17.8. The maximum Gasteiger partial charge on any atom is 0.338 e. The molecule has 3 aromatic rings. The van der Waals surface area contributed by atoms with Crippen molar-refractivity contribution in [2.24, 2.45) is 0 Å². The van der Waals surface area contributed by atoms with Gasteiger partial charge in [0.2, 0.25) is 0 Å². The van der Waals surface area contributed by atoms with E-state index >= 15 is 0 Å². The Morgan fingerprint density at radius 1 is 0.824 bits per heavy atom. The molecule has 0 amide bonds. The van der Waals surface area contributed by atoms with Crippen LogP contribution in [-0.2, 0) is 9.59 Å². The molecule has 0 atom stereocenters. The Labute approximate surface area is 197 Å². The number of esters is 2. The molecule has 0 bridgehead atoms. The Balaban J connectivity index is 1.70. The summed E-state index contributed by atoms with van der Waals surface area (Å²) < 4.78 is 24.7. The van der Waals surface area contributed by atoms with Crippen molar-refractivity contribution in [2.45, 2.75) is 6.92 Å². The molecule has 34 heavy (non-hydrogen) atoms. The van der Waals surface area contributed by atoms with Crippen LogP contribution in [-0.4, -0.2) is 11.9 Å². The lowest BCUT2D eigenvalue weighted by atomic mass is 10.1. The van der Waals surface area contributed by atoms with E-state index in [1.54, 1.807) is 67.6 Å². The molecule has 0 radical (unpaired) electrons. The normalized spacial score (nSPS) is 9.47. The summed E-state index contributed by atoms with van der Waals surface area (Å²) in [7, 11) is 0. The van der Waals surface area contributed by atoms with Crippen molar-refractivity contribution >= 4 is 11.9 Å². The largest absolute Gasteiger partial charge is 0.423 e. The molecule has 3 rings (SSSR count). The fourth-order valence-electron chi connectivity index (χ4n) is 2.57. The van der Waals surface area contributed by atoms with E-state index in [4.69, 9.17) is 9.47 Å². The van der Waals surface area contributed by atoms with Crippen molar-refractivity contribution in [1.82, 2.24) is 0 Å². The second-order valence-electron chi connectivity index (χ2n) is 7.04. The number of carbonyl (C=O) groups excluding carboxylic acids is 2. The molecule has 0 unspecified atom stereocenters. The van der Waals surface area contributed by atoms with E-state index in [-0.39, 0.29) is 5.56 Å². The molecule has 0 spiro atoms. The molecule has 0 fully saturated rings. The van der Waals surface area contributed by atoms with Gasteiger partial charge in [-0.05, 0) is 67.6 Å². The molecule has 0 saturated carbocycles. The van der Waals surface area contributed by atoms with Gasteiger partial charge in [0.1, 0.15) is 17.3 Å². The molecule has 0 heterocycles. The topological polar surface area (TPSA) is 52.6 Å². The smallest absolute Gasteiger partial charge is 0.338 e. The third-order valence-corrected chi connectivity index (χ3v) is 4.29. The summed E-state index contributed by atoms with van der Waals surface area (Å²) in [5.74, 6) is 10.6. The van der Waals surface area contributed by atoms with Gasteiger partial charge in [0.25, 0.3) is 0 Å². The van der Waals surface area contributed by atoms with Gasteiger partial charge in [0.05, 0.1) is 5.56 Å². The molecular formula is C29H19FO4. The molecular weight excluding hydrogens is 431 g/mol. The lowest BCUT2D eigenvalue weighted by Crippen LogP contribution is -2.07. The van der Waals surface area contributed by atoms with Crippen LogP contribution in [0, 0.1) is 29.5 Å². The van der Waals surface area contributed by atoms with Crippen LogP contribution in [0.25, 0.3) is 0 Å². The molecule has 0 saturated heterocycles. The zero-order valence-electron chi connectivity index (χ0n) is 18.4. The SMILES string of the molecule is C=CC(=O)Oc1cccc(C#Cc2ccc(C#Cc3ccc(OC(=O)C(=C)C)cc3)cc2F)c1. The van der Waals surface area contributed by atoms with Gasteiger partial charge in [-0.3, -0.25) is 0 Å². The number of halogens is 1. The number of hydrogen-bond acceptors (Lipinski definition) is 4. The minimum Gasteiger partial charge on any atom is -0.423 e. The third-order valence-electron chi connectivity index (χ3n) is 4.29. The van der Waals surface area contributed by atoms with Crippen LogP contribution < -0.4 is 9.47 Å². The maximum atomic E-state index is 14.5. The highest BCUT2D eigenvalue weighted by Gasteiger charge is 2.05. The number of rotatable bonds is 4. The third kappa shape index (κ3) is 6.82. The van der Waals surface area contributed by atoms with Crippen LogP contribution in [0.15, 0.2) is 91.5 Å². The molecule has 0 N–H and O–H groups in total. The van der Waals surface area contributed by atoms with Gasteiger partial charge >= 0.3 is 11.9 Å². The van der Waals surface area contributed by atoms with Gasteiger partial charge in [-0.25, -0.2) is 14.0 Å². The summed E-state index contributed by atoms with van der Waals surface area (Å²) in [6.45, 7) is 8.45. The molecule has 0 aliphatic rings. The minimum absolute atomic E-state index is 0.211. The van der Waals surface area contributed by atoms with Crippen LogP contribution in [0.5, 0.6) is 11.5 Å². The lowest BCUT2D eigenvalue weighted by Gasteiger charge is -2.03. The molecule has 0 aliphatic carbocycles. The minimum atomic E-state index is -0.574. The van der Waals surface area contributed by atoms with Gasteiger partial charge < -0.3 is 9.47 Å². The van der Waals surface area contributed by atoms with Crippen LogP contribution >= 0.6 is 0 Å². The first-order chi connectivity index (χ1) is 16.3. The van der Waals surface area contributed by atoms with E-state index in [2.05, 4.69) is 36.8 Å². The van der Waals surface area contributed by atoms with Crippen LogP contribution in [0.1, 0.15) is 29.2 Å². The predicted molar refractivity (Wildman–Crippen MR) is 128 cm³/mol. The second-order valence-corrected chi connectivity index (χ2v) is 7.04. The standard InChI is InChI=1S/C29H19FO4/c1-4-28(31)33-26-7-5-6-22(18-26)10-14-24-15-11-23(19-27(24)30)9-8-21-12-16-25(17-13-21)34-29(32)20(2)3/h4-7,11-13,15-19H,1-2H2,3H3. The van der Waals surface area contributed by atoms with E-state index < -0.39 is 17.8 Å². The van der Waals surface area contributed by atoms with Crippen LogP contribution in [0.4, 0.5) is 4.39 Å². The van der Waals surface area contributed by atoms with Gasteiger partial charge in [0.15, 0.2) is 0 Å². The average Bonchev–Trinajstić information content (AvgIpc) is 2.83. The van der Waals surface area contributed by atoms with Crippen molar-refractivity contribution in [3.63, 3.8) is 0 Å². The highest BCUT2D eigenvalue weighted by molar-refractivity contribution is 5.88. The number of ether oxygens (including phenoxy) is 2. The molecule has 3 aromatic carbocycles. The molecule has 0 aromatic heterocycles. The number of benzene rings is 3. The fraction of sp³-hybridized carbons (Fsp3) is 0.0345. The Morgan fingerprint density at radius 2 is 1.47 bits per heavy atom. The van der Waals surface area contributed by atoms with Gasteiger partial charge in [-0.15, -0.1) is 0 Å². The predicted octanol–water partition coefficient (Wildman–Crippen LogP) is 5.20. The Bertz CT molecular complexity index is 1390. The molecule has 0 aliphatic heterocycles. The highest BCUT2D eigenvalue weighted by atomic mass is 19.1. The fourth-order valence-corrected chi connectivity index (χ4v) is 2.57. The Morgan fingerprint density at radius 3 is 2.15 bits per heavy atom. The second kappa shape index (κ2) is 11.1. The monoisotopic (exact) mass is 450 g/mol. The number of carbonyl (C=O) groups is 2. The summed E-state index contributed by atoms with van der Waals surface area (Å²) in [4.78, 5) is 22.9. The van der Waals surface area contributed by atoms with Gasteiger partial charge in [-0.2, -0.15) is 0 Å². The first-order valence-electron chi connectivity index (χ1n) is 10.1. The highest BCUT2D eigenvalue weighted by Crippen LogP contribution is 2.15. The summed E-state index contributed by atoms with van der Waals surface area (Å²) >= 11 is 0. The van der Waals surface area contributed by atoms with Crippen LogP contribution in [0.2, 0.25) is 0 Å². The Kier molecular flexibility index (Phi) is 7.79. The first kappa shape index (κ1) is 23.8. The average molecular weight is 450 g/mol. The summed E-state index contributed by atoms with van der Waals surface area (Å²) in [5, 5.41) is 0. The molecule has 166 valence electrons. The van der Waals surface area contributed by atoms with E-state index in [0.29, 0.717) is 33.8 Å². The van der Waals surface area contributed by atoms with Gasteiger partial charge in [-0.1, -0.05) is 42.9 Å². The summed E-state index contributed by atoms with van der Waals surface area (Å²) in [5.41, 5.74) is 2.25. The van der Waals surface area contributed by atoms with Gasteiger partial charge in [0, 0.05) is 28.3 Å². The maximum absolute atomic E-state index is 14.5. The Hall–Kier alpha value is -4.87. The van der Waals surface area contributed by atoms with E-state index in [0.717, 1.165) is 6.08 Å². The number of hydrogen-bond donors (Lipinski definition) is 0. The molecule has 4 nitrogen and oxygen atoms in total. The molecule has 5 heteroatoms. The van der Waals surface area contributed by atoms with E-state index in [1.807, 2.05) is 0 Å². The van der Waals surface area contributed by atoms with Crippen molar-refractivity contribution < 1.29 is 23.5 Å². The van der Waals surface area contributed by atoms with Crippen molar-refractivity contribution in [3.05, 3.63) is 120 Å². The van der Waals surface area contributed by atoms with Crippen molar-refractivity contribution in [3.8, 4) is 35.2 Å². The first-order valence-corrected chi connectivity index (χ1v) is 10.1. The zero-order chi connectivity index (χ0) is 24.5. The quantitative estimate of drug-likeness (QED) is 0.237. The van der Waals surface area contributed by atoms with E-state index in [1.165, 1.54) is 6.07 Å².